The van der Waals surface area contributed by atoms with E-state index in [0.717, 1.165) is 17.9 Å². The third-order valence-corrected chi connectivity index (χ3v) is 5.30. The molecular formula is C16H33N3. The Labute approximate surface area is 119 Å². The molecule has 3 nitrogen and oxygen atoms in total. The molecule has 19 heavy (non-hydrogen) atoms. The van der Waals surface area contributed by atoms with Gasteiger partial charge >= 0.3 is 0 Å². The zero-order chi connectivity index (χ0) is 13.8. The lowest BCUT2D eigenvalue weighted by Gasteiger charge is -2.41. The molecule has 2 aliphatic rings. The van der Waals surface area contributed by atoms with Crippen molar-refractivity contribution < 1.29 is 0 Å². The summed E-state index contributed by atoms with van der Waals surface area (Å²) in [6.07, 6.45) is 2.80. The number of rotatable bonds is 4. The van der Waals surface area contributed by atoms with E-state index in [9.17, 15) is 0 Å². The number of hydrogen-bond donors (Lipinski definition) is 0. The molecule has 2 aliphatic heterocycles. The predicted molar refractivity (Wildman–Crippen MR) is 82.5 cm³/mol. The quantitative estimate of drug-likeness (QED) is 0.771. The minimum atomic E-state index is 0.741. The van der Waals surface area contributed by atoms with Crippen molar-refractivity contribution in [2.75, 3.05) is 52.9 Å². The van der Waals surface area contributed by atoms with E-state index in [1.165, 1.54) is 58.7 Å². The molecule has 0 radical (unpaired) electrons. The summed E-state index contributed by atoms with van der Waals surface area (Å²) < 4.78 is 0. The van der Waals surface area contributed by atoms with Crippen LogP contribution in [-0.2, 0) is 0 Å². The minimum absolute atomic E-state index is 0.741. The second-order valence-corrected chi connectivity index (χ2v) is 7.07. The van der Waals surface area contributed by atoms with Crippen molar-refractivity contribution in [2.24, 2.45) is 11.8 Å². The maximum Gasteiger partial charge on any atom is 0.0113 e. The Hall–Kier alpha value is -0.120. The van der Waals surface area contributed by atoms with Crippen LogP contribution in [0.15, 0.2) is 0 Å². The molecule has 0 bridgehead atoms. The van der Waals surface area contributed by atoms with E-state index in [-0.39, 0.29) is 0 Å². The molecule has 0 spiro atoms. The molecule has 0 N–H and O–H groups in total. The van der Waals surface area contributed by atoms with Gasteiger partial charge in [-0.15, -0.1) is 0 Å². The van der Waals surface area contributed by atoms with Crippen LogP contribution in [0.1, 0.15) is 33.6 Å². The Morgan fingerprint density at radius 1 is 0.895 bits per heavy atom. The zero-order valence-corrected chi connectivity index (χ0v) is 13.4. The summed E-state index contributed by atoms with van der Waals surface area (Å²) >= 11 is 0. The first-order chi connectivity index (χ1) is 9.06. The van der Waals surface area contributed by atoms with E-state index in [1.54, 1.807) is 0 Å². The van der Waals surface area contributed by atoms with Gasteiger partial charge in [-0.25, -0.2) is 0 Å². The van der Waals surface area contributed by atoms with Crippen LogP contribution in [0.4, 0.5) is 0 Å². The second kappa shape index (κ2) is 7.05. The van der Waals surface area contributed by atoms with E-state index >= 15 is 0 Å². The topological polar surface area (TPSA) is 9.72 Å². The van der Waals surface area contributed by atoms with Gasteiger partial charge in [-0.2, -0.15) is 0 Å². The van der Waals surface area contributed by atoms with Gasteiger partial charge in [0.25, 0.3) is 0 Å². The summed E-state index contributed by atoms with van der Waals surface area (Å²) in [5, 5.41) is 0. The van der Waals surface area contributed by atoms with Crippen molar-refractivity contribution in [1.82, 2.24) is 14.7 Å². The van der Waals surface area contributed by atoms with Crippen molar-refractivity contribution in [2.45, 2.75) is 39.7 Å². The Morgan fingerprint density at radius 2 is 1.47 bits per heavy atom. The fourth-order valence-corrected chi connectivity index (χ4v) is 3.38. The predicted octanol–water partition coefficient (Wildman–Crippen LogP) is 1.99. The van der Waals surface area contributed by atoms with Crippen LogP contribution in [0.25, 0.3) is 0 Å². The lowest BCUT2D eigenvalue weighted by Crippen LogP contribution is -2.52. The van der Waals surface area contributed by atoms with Crippen molar-refractivity contribution >= 4 is 0 Å². The van der Waals surface area contributed by atoms with E-state index < -0.39 is 0 Å². The van der Waals surface area contributed by atoms with E-state index in [1.807, 2.05) is 0 Å². The lowest BCUT2D eigenvalue weighted by atomic mass is 9.96. The molecule has 2 saturated heterocycles. The van der Waals surface area contributed by atoms with Crippen LogP contribution in [0.5, 0.6) is 0 Å². The highest BCUT2D eigenvalue weighted by Gasteiger charge is 2.25. The number of piperazine rings is 1. The average molecular weight is 267 g/mol. The molecule has 112 valence electrons. The third kappa shape index (κ3) is 4.44. The minimum Gasteiger partial charge on any atom is -0.306 e. The first-order valence-corrected chi connectivity index (χ1v) is 8.21. The van der Waals surface area contributed by atoms with Gasteiger partial charge in [0, 0.05) is 38.8 Å². The highest BCUT2D eigenvalue weighted by molar-refractivity contribution is 4.80. The molecule has 0 aliphatic carbocycles. The Kier molecular flexibility index (Phi) is 5.67. The highest BCUT2D eigenvalue weighted by atomic mass is 15.3. The Morgan fingerprint density at radius 3 is 2.00 bits per heavy atom. The van der Waals surface area contributed by atoms with Crippen molar-refractivity contribution in [1.29, 1.82) is 0 Å². The van der Waals surface area contributed by atoms with E-state index in [2.05, 4.69) is 42.5 Å². The average Bonchev–Trinajstić information content (AvgIpc) is 2.41. The third-order valence-electron chi connectivity index (χ3n) is 5.30. The summed E-state index contributed by atoms with van der Waals surface area (Å²) in [6.45, 7) is 16.1. The van der Waals surface area contributed by atoms with Gasteiger partial charge < -0.3 is 9.80 Å². The van der Waals surface area contributed by atoms with Gasteiger partial charge in [0.2, 0.25) is 0 Å². The van der Waals surface area contributed by atoms with E-state index in [0.29, 0.717) is 0 Å². The fraction of sp³-hybridized carbons (Fsp3) is 1.00. The Balaban J connectivity index is 1.69. The summed E-state index contributed by atoms with van der Waals surface area (Å²) in [7, 11) is 2.25. The molecular weight excluding hydrogens is 234 g/mol. The number of nitrogens with zero attached hydrogens (tertiary/aromatic N) is 3. The monoisotopic (exact) mass is 267 g/mol. The largest absolute Gasteiger partial charge is 0.306 e. The van der Waals surface area contributed by atoms with Crippen LogP contribution in [0.2, 0.25) is 0 Å². The molecule has 0 aromatic carbocycles. The molecule has 1 atom stereocenters. The van der Waals surface area contributed by atoms with E-state index in [4.69, 9.17) is 0 Å². The Bertz CT molecular complexity index is 251. The molecule has 0 aromatic heterocycles. The molecule has 2 rings (SSSR count). The maximum absolute atomic E-state index is 2.71. The van der Waals surface area contributed by atoms with Gasteiger partial charge in [0.1, 0.15) is 0 Å². The number of hydrogen-bond acceptors (Lipinski definition) is 3. The lowest BCUT2D eigenvalue weighted by molar-refractivity contribution is 0.0670. The van der Waals surface area contributed by atoms with Crippen LogP contribution >= 0.6 is 0 Å². The highest BCUT2D eigenvalue weighted by Crippen LogP contribution is 2.19. The summed E-state index contributed by atoms with van der Waals surface area (Å²) in [4.78, 5) is 7.86. The summed E-state index contributed by atoms with van der Waals surface area (Å²) in [6, 6.07) is 0.741. The number of piperidine rings is 1. The van der Waals surface area contributed by atoms with Crippen LogP contribution < -0.4 is 0 Å². The normalized spacial score (nSPS) is 27.0. The standard InChI is InChI=1S/C16H33N3/c1-14(2)15(3)19-11-9-18(10-12-19)13-16-5-7-17(4)8-6-16/h14-16H,5-13H2,1-4H3/t15-/m1/s1. The van der Waals surface area contributed by atoms with Crippen LogP contribution in [0, 0.1) is 11.8 Å². The van der Waals surface area contributed by atoms with Gasteiger partial charge in [-0.3, -0.25) is 4.90 Å². The molecule has 3 heteroatoms. The summed E-state index contributed by atoms with van der Waals surface area (Å²) in [5.74, 6) is 1.73. The molecule has 0 saturated carbocycles. The van der Waals surface area contributed by atoms with Crippen LogP contribution in [-0.4, -0.2) is 73.6 Å². The SMILES string of the molecule is CC(C)[C@@H](C)N1CCN(CC2CCN(C)CC2)CC1. The van der Waals surface area contributed by atoms with Crippen molar-refractivity contribution in [3.05, 3.63) is 0 Å². The molecule has 0 amide bonds. The fourth-order valence-electron chi connectivity index (χ4n) is 3.38. The molecule has 0 aromatic rings. The second-order valence-electron chi connectivity index (χ2n) is 7.07. The first kappa shape index (κ1) is 15.3. The number of likely N-dealkylation sites (tertiary alicyclic amines) is 1. The first-order valence-electron chi connectivity index (χ1n) is 8.21. The maximum atomic E-state index is 2.71. The van der Waals surface area contributed by atoms with Gasteiger partial charge in [0.15, 0.2) is 0 Å². The molecule has 0 unspecified atom stereocenters. The smallest absolute Gasteiger partial charge is 0.0113 e. The summed E-state index contributed by atoms with van der Waals surface area (Å²) in [5.41, 5.74) is 0. The zero-order valence-electron chi connectivity index (χ0n) is 13.4. The van der Waals surface area contributed by atoms with Crippen LogP contribution in [0.3, 0.4) is 0 Å². The van der Waals surface area contributed by atoms with Gasteiger partial charge in [-0.1, -0.05) is 13.8 Å². The molecule has 2 fully saturated rings. The van der Waals surface area contributed by atoms with Gasteiger partial charge in [0.05, 0.1) is 0 Å². The van der Waals surface area contributed by atoms with Crippen molar-refractivity contribution in [3.63, 3.8) is 0 Å². The van der Waals surface area contributed by atoms with Gasteiger partial charge in [-0.05, 0) is 51.7 Å². The molecule has 2 heterocycles. The van der Waals surface area contributed by atoms with Crippen molar-refractivity contribution in [3.8, 4) is 0 Å².